The maximum atomic E-state index is 10.6. The second-order valence-electron chi connectivity index (χ2n) is 3.04. The van der Waals surface area contributed by atoms with Crippen LogP contribution in [0.25, 0.3) is 0 Å². The first-order valence-electron chi connectivity index (χ1n) is 3.95. The Bertz CT molecular complexity index is 224. The molecule has 1 aliphatic rings. The van der Waals surface area contributed by atoms with Crippen molar-refractivity contribution in [2.75, 3.05) is 6.61 Å². The Morgan fingerprint density at radius 1 is 1.43 bits per heavy atom. The molecule has 1 aliphatic heterocycles. The molecule has 0 aromatic heterocycles. The third-order valence-corrected chi connectivity index (χ3v) is 2.92. The van der Waals surface area contributed by atoms with Gasteiger partial charge in [-0.05, 0) is 11.1 Å². The maximum Gasteiger partial charge on any atom is 0.137 e. The Balaban J connectivity index is 2.78. The number of aliphatic hydroxyl groups excluding tert-OH is 3. The van der Waals surface area contributed by atoms with Crippen LogP contribution >= 0.6 is 0 Å². The van der Waals surface area contributed by atoms with Gasteiger partial charge in [-0.3, -0.25) is 4.21 Å². The predicted molar refractivity (Wildman–Crippen MR) is 44.7 cm³/mol. The van der Waals surface area contributed by atoms with Crippen LogP contribution in [0.5, 0.6) is 0 Å². The Hall–Kier alpha value is -0.0900. The zero-order valence-electron chi connectivity index (χ0n) is 7.15. The van der Waals surface area contributed by atoms with E-state index in [0.29, 0.717) is 0 Å². The van der Waals surface area contributed by atoms with Crippen LogP contribution in [-0.4, -0.2) is 60.5 Å². The van der Waals surface area contributed by atoms with Crippen molar-refractivity contribution in [3.05, 3.63) is 0 Å². The average molecular weight is 226 g/mol. The van der Waals surface area contributed by atoms with Gasteiger partial charge in [-0.2, -0.15) is 0 Å². The van der Waals surface area contributed by atoms with E-state index in [1.54, 1.807) is 0 Å². The molecule has 2 unspecified atom stereocenters. The molecule has 5 N–H and O–H groups in total. The van der Waals surface area contributed by atoms with E-state index < -0.39 is 47.5 Å². The topological polar surface area (TPSA) is 136 Å². The maximum absolute atomic E-state index is 10.6. The number of hydrogen-bond donors (Lipinski definition) is 4. The third-order valence-electron chi connectivity index (χ3n) is 2.12. The first-order chi connectivity index (χ1) is 6.49. The zero-order chi connectivity index (χ0) is 10.9. The lowest BCUT2D eigenvalue weighted by molar-refractivity contribution is -0.168. The summed E-state index contributed by atoms with van der Waals surface area (Å²) in [5, 5.41) is 27.3. The second-order valence-corrected chi connectivity index (χ2v) is 4.03. The smallest absolute Gasteiger partial charge is 0.137 e. The zero-order valence-corrected chi connectivity index (χ0v) is 7.96. The summed E-state index contributed by atoms with van der Waals surface area (Å²) < 4.78 is 26.0. The lowest BCUT2D eigenvalue weighted by Gasteiger charge is -2.41. The summed E-state index contributed by atoms with van der Waals surface area (Å²) in [6.07, 6.45) is -3.94. The first kappa shape index (κ1) is 12.0. The quantitative estimate of drug-likeness (QED) is 0.361. The van der Waals surface area contributed by atoms with Gasteiger partial charge in [-0.25, -0.2) is 0 Å². The monoisotopic (exact) mass is 226 g/mol. The summed E-state index contributed by atoms with van der Waals surface area (Å²) in [6, 6.07) is -1.22. The number of hydrogen-bond acceptors (Lipinski definition) is 7. The van der Waals surface area contributed by atoms with E-state index in [9.17, 15) is 19.0 Å². The summed E-state index contributed by atoms with van der Waals surface area (Å²) in [5.41, 5.74) is 3.91. The minimum atomic E-state index is -2.62. The summed E-state index contributed by atoms with van der Waals surface area (Å²) in [6.45, 7) is -0.585. The molecule has 8 heteroatoms. The van der Waals surface area contributed by atoms with E-state index in [4.69, 9.17) is 15.6 Å². The van der Waals surface area contributed by atoms with Gasteiger partial charge in [0.25, 0.3) is 0 Å². The van der Waals surface area contributed by atoms with E-state index in [1.807, 2.05) is 0 Å². The minimum Gasteiger partial charge on any atom is -0.770 e. The molecule has 0 spiro atoms. The summed E-state index contributed by atoms with van der Waals surface area (Å²) in [7, 11) is 0. The van der Waals surface area contributed by atoms with Crippen LogP contribution in [-0.2, 0) is 15.8 Å². The molecular weight excluding hydrogens is 214 g/mol. The van der Waals surface area contributed by atoms with E-state index in [-0.39, 0.29) is 0 Å². The molecule has 0 radical (unpaired) electrons. The molecule has 1 heterocycles. The molecule has 0 amide bonds. The van der Waals surface area contributed by atoms with Crippen LogP contribution in [0.1, 0.15) is 0 Å². The van der Waals surface area contributed by atoms with E-state index >= 15 is 0 Å². The van der Waals surface area contributed by atoms with Crippen LogP contribution in [0.4, 0.5) is 0 Å². The second kappa shape index (κ2) is 4.62. The normalized spacial score (nSPS) is 46.2. The lowest BCUT2D eigenvalue weighted by atomic mass is 9.99. The van der Waals surface area contributed by atoms with Crippen LogP contribution in [0.15, 0.2) is 0 Å². The van der Waals surface area contributed by atoms with Gasteiger partial charge in [0.1, 0.15) is 23.7 Å². The van der Waals surface area contributed by atoms with Gasteiger partial charge in [-0.15, -0.1) is 0 Å². The standard InChI is InChI=1S/C6H13NO6S/c7-3-5(10)4(9)2(1-8)13-6(3)14(11)12/h2-6,8-10H,1,7H2,(H,11,12)/p-1/t2-,3-,4-,5-,6?/m1/s1. The molecule has 0 bridgehead atoms. The highest BCUT2D eigenvalue weighted by molar-refractivity contribution is 7.79. The molecule has 0 saturated carbocycles. The van der Waals surface area contributed by atoms with Gasteiger partial charge in [0.2, 0.25) is 0 Å². The molecule has 7 nitrogen and oxygen atoms in total. The Morgan fingerprint density at radius 2 is 2.00 bits per heavy atom. The van der Waals surface area contributed by atoms with Gasteiger partial charge < -0.3 is 30.3 Å². The Kier molecular flexibility index (Phi) is 3.95. The van der Waals surface area contributed by atoms with Gasteiger partial charge in [0.05, 0.1) is 12.6 Å². The van der Waals surface area contributed by atoms with Crippen molar-refractivity contribution in [3.63, 3.8) is 0 Å². The Labute approximate surface area is 82.8 Å². The molecule has 0 aliphatic carbocycles. The minimum absolute atomic E-state index is 0.585. The number of nitrogens with two attached hydrogens (primary N) is 1. The molecule has 1 rings (SSSR count). The van der Waals surface area contributed by atoms with Crippen molar-refractivity contribution < 1.29 is 28.8 Å². The summed E-state index contributed by atoms with van der Waals surface area (Å²) in [4.78, 5) is 0. The van der Waals surface area contributed by atoms with E-state index in [2.05, 4.69) is 0 Å². The van der Waals surface area contributed by atoms with Gasteiger partial charge in [0.15, 0.2) is 0 Å². The molecule has 6 atom stereocenters. The number of aliphatic hydroxyl groups is 3. The highest BCUT2D eigenvalue weighted by Crippen LogP contribution is 2.20. The summed E-state index contributed by atoms with van der Waals surface area (Å²) in [5.74, 6) is 0. The van der Waals surface area contributed by atoms with Crippen molar-refractivity contribution in [1.29, 1.82) is 0 Å². The third kappa shape index (κ3) is 2.11. The number of ether oxygens (including phenoxy) is 1. The molecular formula is C6H12NO6S-. The Morgan fingerprint density at radius 3 is 2.43 bits per heavy atom. The molecule has 84 valence electrons. The molecule has 0 aromatic rings. The lowest BCUT2D eigenvalue weighted by Crippen LogP contribution is -2.62. The van der Waals surface area contributed by atoms with Gasteiger partial charge in [-0.1, -0.05) is 0 Å². The van der Waals surface area contributed by atoms with Crippen LogP contribution in [0, 0.1) is 0 Å². The highest BCUT2D eigenvalue weighted by Gasteiger charge is 2.42. The fourth-order valence-electron chi connectivity index (χ4n) is 1.28. The highest BCUT2D eigenvalue weighted by atomic mass is 32.2. The summed E-state index contributed by atoms with van der Waals surface area (Å²) >= 11 is -2.62. The molecule has 1 saturated heterocycles. The molecule has 14 heavy (non-hydrogen) atoms. The largest absolute Gasteiger partial charge is 0.770 e. The fourth-order valence-corrected chi connectivity index (χ4v) is 1.93. The van der Waals surface area contributed by atoms with Crippen molar-refractivity contribution in [2.24, 2.45) is 5.73 Å². The van der Waals surface area contributed by atoms with Crippen molar-refractivity contribution >= 4 is 11.1 Å². The SMILES string of the molecule is N[C@H]1C(S(=O)[O-])O[C@H](CO)[C@@H](O)[C@@H]1O. The number of rotatable bonds is 2. The first-order valence-corrected chi connectivity index (χ1v) is 5.09. The predicted octanol–water partition coefficient (Wildman–Crippen LogP) is -3.37. The molecule has 1 fully saturated rings. The fraction of sp³-hybridized carbons (Fsp3) is 1.00. The van der Waals surface area contributed by atoms with Crippen LogP contribution in [0.2, 0.25) is 0 Å². The van der Waals surface area contributed by atoms with Gasteiger partial charge in [0, 0.05) is 0 Å². The van der Waals surface area contributed by atoms with Crippen LogP contribution in [0.3, 0.4) is 0 Å². The van der Waals surface area contributed by atoms with Crippen molar-refractivity contribution in [2.45, 2.75) is 29.8 Å². The van der Waals surface area contributed by atoms with E-state index in [1.165, 1.54) is 0 Å². The van der Waals surface area contributed by atoms with Gasteiger partial charge >= 0.3 is 0 Å². The average Bonchev–Trinajstić information content (AvgIpc) is 2.14. The van der Waals surface area contributed by atoms with Crippen molar-refractivity contribution in [3.8, 4) is 0 Å². The van der Waals surface area contributed by atoms with Crippen LogP contribution < -0.4 is 5.73 Å². The van der Waals surface area contributed by atoms with E-state index in [0.717, 1.165) is 0 Å². The molecule has 0 aromatic carbocycles. The van der Waals surface area contributed by atoms with Crippen molar-refractivity contribution in [1.82, 2.24) is 0 Å².